The first-order chi connectivity index (χ1) is 41.4. The van der Waals surface area contributed by atoms with E-state index < -0.39 is 194 Å². The molecule has 2 aliphatic rings. The van der Waals surface area contributed by atoms with E-state index in [1.165, 1.54) is 26.7 Å². The summed E-state index contributed by atoms with van der Waals surface area (Å²) in [6.45, 7) is 7.04. The second kappa shape index (κ2) is 38.9. The van der Waals surface area contributed by atoms with Gasteiger partial charge >= 0.3 is 5.97 Å². The topological polar surface area (TPSA) is 525 Å². The van der Waals surface area contributed by atoms with Crippen LogP contribution in [0.4, 0.5) is 0 Å². The minimum absolute atomic E-state index is 0.0261. The second-order valence-electron chi connectivity index (χ2n) is 23.0. The van der Waals surface area contributed by atoms with Crippen molar-refractivity contribution in [3.8, 4) is 0 Å². The number of nitrogens with two attached hydrogens (primary N) is 5. The summed E-state index contributed by atoms with van der Waals surface area (Å²) in [5.74, 6) is -17.3. The Bertz CT molecular complexity index is 2480. The van der Waals surface area contributed by atoms with E-state index in [1.54, 1.807) is 6.92 Å². The van der Waals surface area contributed by atoms with Gasteiger partial charge < -0.3 is 91.2 Å². The quantitative estimate of drug-likeness (QED) is 0.0222. The van der Waals surface area contributed by atoms with Gasteiger partial charge in [0.1, 0.15) is 48.3 Å². The number of carbonyl (C=O) groups excluding carboxylic acids is 13. The number of carboxylic acid groups (broad SMARTS) is 1. The Morgan fingerprint density at radius 2 is 1.17 bits per heavy atom. The Kier molecular flexibility index (Phi) is 33.5. The average molecular weight is 1250 g/mol. The van der Waals surface area contributed by atoms with Gasteiger partial charge in [0.15, 0.2) is 12.1 Å². The third-order valence-electron chi connectivity index (χ3n) is 15.2. The minimum atomic E-state index is -2.04. The van der Waals surface area contributed by atoms with E-state index in [0.29, 0.717) is 12.8 Å². The minimum Gasteiger partial charge on any atom is -0.481 e. The van der Waals surface area contributed by atoms with E-state index >= 15 is 0 Å². The molecule has 0 spiro atoms. The second-order valence-corrected chi connectivity index (χ2v) is 23.0. The van der Waals surface area contributed by atoms with Crippen LogP contribution in [0, 0.1) is 11.8 Å². The first-order valence-electron chi connectivity index (χ1n) is 30.2. The number of rotatable bonds is 26. The van der Waals surface area contributed by atoms with E-state index in [1.807, 2.05) is 0 Å². The largest absolute Gasteiger partial charge is 0.481 e. The third kappa shape index (κ3) is 26.8. The summed E-state index contributed by atoms with van der Waals surface area (Å²) in [6, 6.07) is -14.7. The molecule has 2 saturated heterocycles. The van der Waals surface area contributed by atoms with Gasteiger partial charge in [0.2, 0.25) is 70.9 Å². The maximum absolute atomic E-state index is 14.8. The van der Waals surface area contributed by atoms with Crippen LogP contribution in [-0.4, -0.2) is 196 Å². The van der Waals surface area contributed by atoms with Crippen molar-refractivity contribution >= 4 is 88.7 Å². The van der Waals surface area contributed by atoms with Gasteiger partial charge in [0.05, 0.1) is 31.8 Å². The molecule has 0 saturated carbocycles. The van der Waals surface area contributed by atoms with E-state index in [4.69, 9.17) is 28.7 Å². The van der Waals surface area contributed by atoms with Crippen LogP contribution in [0.5, 0.6) is 0 Å². The predicted octanol–water partition coefficient (Wildman–Crippen LogP) is -4.14. The molecule has 0 bridgehead atoms. The maximum atomic E-state index is 14.8. The number of likely N-dealkylation sites (N-methyl/N-ethyl adjacent to an activating group) is 1. The van der Waals surface area contributed by atoms with Gasteiger partial charge in [-0.3, -0.25) is 72.1 Å². The van der Waals surface area contributed by atoms with Gasteiger partial charge in [-0.2, -0.15) is 0 Å². The molecule has 2 rings (SSSR count). The Labute approximate surface area is 512 Å². The fourth-order valence-electron chi connectivity index (χ4n) is 10.2. The van der Waals surface area contributed by atoms with Crippen molar-refractivity contribution in [3.63, 3.8) is 0 Å². The number of carbonyl (C=O) groups is 14. The Morgan fingerprint density at radius 1 is 0.602 bits per heavy atom. The summed E-state index contributed by atoms with van der Waals surface area (Å²) in [5.41, 5.74) is 27.4. The molecule has 0 radical (unpaired) electrons. The van der Waals surface area contributed by atoms with Crippen LogP contribution in [0.2, 0.25) is 0 Å². The zero-order valence-corrected chi connectivity index (χ0v) is 51.5. The molecular weight excluding hydrogens is 1150 g/mol. The highest BCUT2D eigenvalue weighted by molar-refractivity contribution is 6.00. The molecule has 0 aromatic rings. The fraction of sp³-hybridized carbons (Fsp3) is 0.732. The standard InChI is InChI=1S/C56H96N16O16/c1-7-8-9-10-11-12-13-14-15-16-19-31(4)45-46(79)53(86)69-44(30(2)3)52(85)64-32(5)47(80)67-36(27-43(77)78)50(83)68-35(26-40(58)74)49(82)66-33(22-23-39(57)73)48(81)63-29-42(76)65-34(20-17-24-62-56(60)61)54(87)71(6)38(28-41(59)75)55(88)72-25-18-21-37(72)51(84)70-45/h30-38,44-46,79H,7-29H2,1-6H3,(H2,57,73)(H2,58,74)(H2,59,75)(H,63,81)(H,64,85)(H,65,76)(H,66,82)(H,67,80)(H,68,83)(H,69,86)(H,70,84)(H,77,78)(H4,60,61,62)/t31-,32+,33-,34-,35+,36+,37-,38-,44-,45-,46-/m0/s1. The van der Waals surface area contributed by atoms with E-state index in [-0.39, 0.29) is 44.7 Å². The molecular formula is C56H96N16O16. The van der Waals surface area contributed by atoms with Gasteiger partial charge in [0.25, 0.3) is 5.91 Å². The van der Waals surface area contributed by atoms with E-state index in [0.717, 1.165) is 68.7 Å². The van der Waals surface area contributed by atoms with Gasteiger partial charge in [-0.25, -0.2) is 0 Å². The first kappa shape index (κ1) is 75.9. The lowest BCUT2D eigenvalue weighted by Crippen LogP contribution is -2.62. The number of unbranched alkanes of at least 4 members (excludes halogenated alkanes) is 9. The molecule has 0 aromatic heterocycles. The zero-order chi connectivity index (χ0) is 66.4. The van der Waals surface area contributed by atoms with Gasteiger partial charge in [-0.15, -0.1) is 0 Å². The summed E-state index contributed by atoms with van der Waals surface area (Å²) in [4.78, 5) is 196. The normalized spacial score (nSPS) is 25.0. The van der Waals surface area contributed by atoms with Gasteiger partial charge in [0, 0.05) is 26.6 Å². The maximum Gasteiger partial charge on any atom is 0.305 e. The van der Waals surface area contributed by atoms with Crippen LogP contribution in [-0.2, 0) is 67.1 Å². The number of aliphatic carboxylic acids is 1. The number of carboxylic acids is 1. The van der Waals surface area contributed by atoms with Crippen molar-refractivity contribution in [3.05, 3.63) is 0 Å². The molecule has 0 unspecified atom stereocenters. The number of hydrogen-bond acceptors (Lipinski definition) is 16. The fourth-order valence-corrected chi connectivity index (χ4v) is 10.2. The molecule has 32 nitrogen and oxygen atoms in total. The van der Waals surface area contributed by atoms with Crippen LogP contribution >= 0.6 is 0 Å². The third-order valence-corrected chi connectivity index (χ3v) is 15.2. The van der Waals surface area contributed by atoms with Crippen LogP contribution in [0.15, 0.2) is 4.99 Å². The number of nitrogens with one attached hydrogen (secondary N) is 8. The molecule has 20 N–H and O–H groups in total. The highest BCUT2D eigenvalue weighted by Gasteiger charge is 2.44. The zero-order valence-electron chi connectivity index (χ0n) is 51.5. The van der Waals surface area contributed by atoms with Crippen LogP contribution in [0.25, 0.3) is 0 Å². The van der Waals surface area contributed by atoms with Gasteiger partial charge in [-0.05, 0) is 57.3 Å². The van der Waals surface area contributed by atoms with E-state index in [2.05, 4.69) is 54.5 Å². The van der Waals surface area contributed by atoms with Crippen molar-refractivity contribution in [1.29, 1.82) is 0 Å². The van der Waals surface area contributed by atoms with Crippen molar-refractivity contribution in [2.24, 2.45) is 45.5 Å². The number of hydrogen-bond donors (Lipinski definition) is 15. The molecule has 88 heavy (non-hydrogen) atoms. The molecule has 496 valence electrons. The van der Waals surface area contributed by atoms with Gasteiger partial charge in [-0.1, -0.05) is 91.9 Å². The van der Waals surface area contributed by atoms with Crippen LogP contribution in [0.1, 0.15) is 163 Å². The molecule has 2 aliphatic heterocycles. The molecule has 0 aromatic carbocycles. The summed E-state index contributed by atoms with van der Waals surface area (Å²) in [5, 5.41) is 40.6. The summed E-state index contributed by atoms with van der Waals surface area (Å²) in [6.07, 6.45) is 4.69. The Hall–Kier alpha value is -8.19. The molecule has 32 heteroatoms. The van der Waals surface area contributed by atoms with Crippen molar-refractivity contribution in [2.75, 3.05) is 26.7 Å². The van der Waals surface area contributed by atoms with E-state index in [9.17, 15) is 77.3 Å². The number of guanidine groups is 1. The predicted molar refractivity (Wildman–Crippen MR) is 318 cm³/mol. The van der Waals surface area contributed by atoms with Crippen molar-refractivity contribution in [1.82, 2.24) is 52.3 Å². The highest BCUT2D eigenvalue weighted by atomic mass is 16.4. The summed E-state index contributed by atoms with van der Waals surface area (Å²) >= 11 is 0. The monoisotopic (exact) mass is 1250 g/mol. The first-order valence-corrected chi connectivity index (χ1v) is 30.2. The average Bonchev–Trinajstić information content (AvgIpc) is 3.46. The van der Waals surface area contributed by atoms with Crippen molar-refractivity contribution in [2.45, 2.75) is 224 Å². The number of aliphatic imine (C=N–C) groups is 1. The summed E-state index contributed by atoms with van der Waals surface area (Å²) < 4.78 is 0. The molecule has 0 aliphatic carbocycles. The summed E-state index contributed by atoms with van der Waals surface area (Å²) in [7, 11) is 1.16. The molecule has 11 atom stereocenters. The highest BCUT2D eigenvalue weighted by Crippen LogP contribution is 2.24. The lowest BCUT2D eigenvalue weighted by atomic mass is 9.90. The number of fused-ring (bicyclic) bond motifs is 1. The number of nitrogens with zero attached hydrogens (tertiary/aromatic N) is 3. The number of amides is 13. The molecule has 13 amide bonds. The number of aliphatic hydroxyl groups excluding tert-OH is 1. The lowest BCUT2D eigenvalue weighted by Gasteiger charge is -2.36. The Morgan fingerprint density at radius 3 is 1.73 bits per heavy atom. The SMILES string of the molecule is CCCCCCCCCCCC[C@H](C)[C@@H]1NC(=O)[C@@H]2CCCN2C(=O)[C@H](CC(N)=O)N(C)C(=O)[C@H](CCCN=C(N)N)NC(=O)CNC(=O)[C@H](CCC(N)=O)NC(=O)[C@@H](CC(N)=O)NC(=O)[C@@H](CC(=O)O)NC(=O)[C@@H](C)NC(=O)[C@H](C(C)C)NC(=O)[C@H]1O. The Balaban J connectivity index is 2.80. The molecule has 2 heterocycles. The number of primary amides is 3. The smallest absolute Gasteiger partial charge is 0.305 e. The molecule has 2 fully saturated rings. The van der Waals surface area contributed by atoms with Crippen LogP contribution < -0.4 is 71.2 Å². The lowest BCUT2D eigenvalue weighted by molar-refractivity contribution is -0.150. The number of aliphatic hydroxyl groups is 1. The van der Waals surface area contributed by atoms with Crippen molar-refractivity contribution < 1.29 is 77.3 Å². The van der Waals surface area contributed by atoms with Crippen LogP contribution in [0.3, 0.4) is 0 Å².